The molecule has 98 valence electrons. The fourth-order valence-electron chi connectivity index (χ4n) is 2.19. The molecular weight excluding hydrogens is 224 g/mol. The van der Waals surface area contributed by atoms with Crippen molar-refractivity contribution in [2.75, 3.05) is 19.7 Å². The molecule has 0 spiro atoms. The summed E-state index contributed by atoms with van der Waals surface area (Å²) in [6.45, 7) is 4.85. The van der Waals surface area contributed by atoms with Crippen LogP contribution in [0.1, 0.15) is 38.2 Å². The monoisotopic (exact) mass is 246 g/mol. The van der Waals surface area contributed by atoms with Crippen molar-refractivity contribution in [3.05, 3.63) is 29.8 Å². The Balaban J connectivity index is 2.02. The lowest BCUT2D eigenvalue weighted by Crippen LogP contribution is -2.18. The maximum Gasteiger partial charge on any atom is 0.128 e. The maximum atomic E-state index is 5.59. The van der Waals surface area contributed by atoms with Crippen molar-refractivity contribution in [3.63, 3.8) is 0 Å². The van der Waals surface area contributed by atoms with Crippen LogP contribution in [0.5, 0.6) is 5.75 Å². The molecule has 0 atom stereocenters. The van der Waals surface area contributed by atoms with Gasteiger partial charge in [0.25, 0.3) is 0 Å². The average molecular weight is 246 g/mol. The van der Waals surface area contributed by atoms with Crippen LogP contribution in [0.3, 0.4) is 0 Å². The Morgan fingerprint density at radius 3 is 2.61 bits per heavy atom. The number of hydrogen-bond acceptors (Lipinski definition) is 3. The van der Waals surface area contributed by atoms with Gasteiger partial charge in [0.2, 0.25) is 0 Å². The van der Waals surface area contributed by atoms with Gasteiger partial charge in [0, 0.05) is 18.7 Å². The zero-order chi connectivity index (χ0) is 12.6. The first-order valence-electron chi connectivity index (χ1n) is 6.91. The summed E-state index contributed by atoms with van der Waals surface area (Å²) in [5, 5.41) is 6.76. The van der Waals surface area contributed by atoms with E-state index in [4.69, 9.17) is 4.74 Å². The van der Waals surface area contributed by atoms with Crippen LogP contribution < -0.4 is 4.74 Å². The number of hydrogen-bond donors (Lipinski definition) is 0. The van der Waals surface area contributed by atoms with Crippen LogP contribution in [-0.4, -0.2) is 30.9 Å². The molecule has 1 saturated heterocycles. The molecule has 0 radical (unpaired) electrons. The van der Waals surface area contributed by atoms with Crippen molar-refractivity contribution in [3.8, 4) is 5.75 Å². The van der Waals surface area contributed by atoms with E-state index in [1.165, 1.54) is 25.7 Å². The van der Waals surface area contributed by atoms with Gasteiger partial charge in [-0.05, 0) is 31.9 Å². The minimum Gasteiger partial charge on any atom is -0.493 e. The molecule has 0 aliphatic carbocycles. The van der Waals surface area contributed by atoms with Crippen molar-refractivity contribution in [1.29, 1.82) is 0 Å². The number of rotatable bonds is 4. The standard InChI is InChI=1S/C15H22N2O/c1-2-18-15-10-6-5-9-14(15)13-16-17-11-7-3-4-8-12-17/h5-6,9-10,13H,2-4,7-8,11-12H2,1H3/b16-13-. The van der Waals surface area contributed by atoms with Gasteiger partial charge in [-0.2, -0.15) is 5.10 Å². The Morgan fingerprint density at radius 2 is 1.89 bits per heavy atom. The fraction of sp³-hybridized carbons (Fsp3) is 0.533. The molecule has 1 heterocycles. The molecular formula is C15H22N2O. The molecule has 0 N–H and O–H groups in total. The number of para-hydroxylation sites is 1. The van der Waals surface area contributed by atoms with E-state index in [1.54, 1.807) is 0 Å². The van der Waals surface area contributed by atoms with Crippen molar-refractivity contribution in [2.24, 2.45) is 5.10 Å². The molecule has 18 heavy (non-hydrogen) atoms. The molecule has 2 rings (SSSR count). The number of ether oxygens (including phenoxy) is 1. The highest BCUT2D eigenvalue weighted by atomic mass is 16.5. The van der Waals surface area contributed by atoms with Gasteiger partial charge in [-0.3, -0.25) is 5.01 Å². The molecule has 1 fully saturated rings. The van der Waals surface area contributed by atoms with Crippen LogP contribution in [0.15, 0.2) is 29.4 Å². The zero-order valence-electron chi connectivity index (χ0n) is 11.1. The Hall–Kier alpha value is -1.51. The Kier molecular flexibility index (Phi) is 5.06. The Labute approximate surface area is 109 Å². The fourth-order valence-corrected chi connectivity index (χ4v) is 2.19. The van der Waals surface area contributed by atoms with Gasteiger partial charge in [-0.1, -0.05) is 25.0 Å². The van der Waals surface area contributed by atoms with E-state index in [1.807, 2.05) is 37.4 Å². The predicted molar refractivity (Wildman–Crippen MR) is 75.2 cm³/mol. The average Bonchev–Trinajstić information content (AvgIpc) is 2.67. The minimum atomic E-state index is 0.689. The van der Waals surface area contributed by atoms with Crippen LogP contribution in [0.4, 0.5) is 0 Å². The van der Waals surface area contributed by atoms with E-state index < -0.39 is 0 Å². The summed E-state index contributed by atoms with van der Waals surface area (Å²) in [5.74, 6) is 0.915. The molecule has 0 unspecified atom stereocenters. The normalized spacial score (nSPS) is 16.8. The van der Waals surface area contributed by atoms with Crippen LogP contribution in [-0.2, 0) is 0 Å². The summed E-state index contributed by atoms with van der Waals surface area (Å²) in [7, 11) is 0. The van der Waals surface area contributed by atoms with E-state index in [-0.39, 0.29) is 0 Å². The third-order valence-corrected chi connectivity index (χ3v) is 3.16. The molecule has 3 nitrogen and oxygen atoms in total. The maximum absolute atomic E-state index is 5.59. The number of benzene rings is 1. The Morgan fingerprint density at radius 1 is 1.17 bits per heavy atom. The van der Waals surface area contributed by atoms with Crippen LogP contribution in [0.2, 0.25) is 0 Å². The van der Waals surface area contributed by atoms with Crippen molar-refractivity contribution in [2.45, 2.75) is 32.6 Å². The van der Waals surface area contributed by atoms with Gasteiger partial charge in [0.1, 0.15) is 5.75 Å². The van der Waals surface area contributed by atoms with Gasteiger partial charge >= 0.3 is 0 Å². The second-order valence-electron chi connectivity index (χ2n) is 4.58. The van der Waals surface area contributed by atoms with Gasteiger partial charge in [-0.15, -0.1) is 0 Å². The van der Waals surface area contributed by atoms with Crippen molar-refractivity contribution in [1.82, 2.24) is 5.01 Å². The molecule has 0 saturated carbocycles. The zero-order valence-corrected chi connectivity index (χ0v) is 11.1. The third-order valence-electron chi connectivity index (χ3n) is 3.16. The highest BCUT2D eigenvalue weighted by Gasteiger charge is 2.06. The summed E-state index contributed by atoms with van der Waals surface area (Å²) < 4.78 is 5.59. The second-order valence-corrected chi connectivity index (χ2v) is 4.58. The van der Waals surface area contributed by atoms with Crippen molar-refractivity contribution < 1.29 is 4.74 Å². The van der Waals surface area contributed by atoms with Crippen LogP contribution in [0.25, 0.3) is 0 Å². The SMILES string of the molecule is CCOc1ccccc1/C=N\N1CCCCCC1. The van der Waals surface area contributed by atoms with E-state index in [9.17, 15) is 0 Å². The summed E-state index contributed by atoms with van der Waals surface area (Å²) >= 11 is 0. The quantitative estimate of drug-likeness (QED) is 0.761. The lowest BCUT2D eigenvalue weighted by atomic mass is 10.2. The summed E-state index contributed by atoms with van der Waals surface area (Å²) in [6.07, 6.45) is 7.11. The van der Waals surface area contributed by atoms with Gasteiger partial charge in [-0.25, -0.2) is 0 Å². The third kappa shape index (κ3) is 3.76. The molecule has 1 aliphatic rings. The molecule has 1 aliphatic heterocycles. The lowest BCUT2D eigenvalue weighted by molar-refractivity contribution is 0.302. The number of hydrazone groups is 1. The summed E-state index contributed by atoms with van der Waals surface area (Å²) in [4.78, 5) is 0. The van der Waals surface area contributed by atoms with Crippen LogP contribution in [0, 0.1) is 0 Å². The van der Waals surface area contributed by atoms with E-state index in [2.05, 4.69) is 10.1 Å². The van der Waals surface area contributed by atoms with E-state index in [0.29, 0.717) is 6.61 Å². The summed E-state index contributed by atoms with van der Waals surface area (Å²) in [5.41, 5.74) is 1.06. The predicted octanol–water partition coefficient (Wildman–Crippen LogP) is 3.30. The van der Waals surface area contributed by atoms with Crippen LogP contribution >= 0.6 is 0 Å². The van der Waals surface area contributed by atoms with Gasteiger partial charge in [0.15, 0.2) is 0 Å². The largest absolute Gasteiger partial charge is 0.493 e. The molecule has 0 amide bonds. The lowest BCUT2D eigenvalue weighted by Gasteiger charge is -2.15. The second kappa shape index (κ2) is 7.04. The first-order chi connectivity index (χ1) is 8.90. The molecule has 0 bridgehead atoms. The molecule has 1 aromatic rings. The van der Waals surface area contributed by atoms with E-state index in [0.717, 1.165) is 24.4 Å². The van der Waals surface area contributed by atoms with E-state index >= 15 is 0 Å². The highest BCUT2D eigenvalue weighted by Crippen LogP contribution is 2.16. The first-order valence-corrected chi connectivity index (χ1v) is 6.91. The molecule has 1 aromatic carbocycles. The summed E-state index contributed by atoms with van der Waals surface area (Å²) in [6, 6.07) is 8.06. The highest BCUT2D eigenvalue weighted by molar-refractivity contribution is 5.83. The first kappa shape index (κ1) is 12.9. The topological polar surface area (TPSA) is 24.8 Å². The van der Waals surface area contributed by atoms with Gasteiger partial charge in [0.05, 0.1) is 12.8 Å². The van der Waals surface area contributed by atoms with Gasteiger partial charge < -0.3 is 4.74 Å². The molecule has 3 heteroatoms. The van der Waals surface area contributed by atoms with Crippen molar-refractivity contribution >= 4 is 6.21 Å². The minimum absolute atomic E-state index is 0.689. The Bertz CT molecular complexity index is 382. The smallest absolute Gasteiger partial charge is 0.128 e. The number of nitrogens with zero attached hydrogens (tertiary/aromatic N) is 2. The molecule has 0 aromatic heterocycles.